The minimum absolute atomic E-state index is 0.190. The summed E-state index contributed by atoms with van der Waals surface area (Å²) in [7, 11) is -3.61. The van der Waals surface area contributed by atoms with Crippen molar-refractivity contribution in [3.63, 3.8) is 0 Å². The van der Waals surface area contributed by atoms with Crippen LogP contribution in [0, 0.1) is 6.92 Å². The Labute approximate surface area is 161 Å². The summed E-state index contributed by atoms with van der Waals surface area (Å²) in [5.41, 5.74) is 2.36. The molecule has 1 heterocycles. The predicted octanol–water partition coefficient (Wildman–Crippen LogP) is 3.74. The zero-order valence-corrected chi connectivity index (χ0v) is 16.5. The fourth-order valence-electron chi connectivity index (χ4n) is 2.47. The Kier molecular flexibility index (Phi) is 5.17. The molecule has 8 heteroatoms. The molecule has 0 aromatic heterocycles. The maximum atomic E-state index is 12.8. The van der Waals surface area contributed by atoms with Gasteiger partial charge in [0.2, 0.25) is 0 Å². The molecule has 1 fully saturated rings. The first-order valence-electron chi connectivity index (χ1n) is 7.58. The third-order valence-electron chi connectivity index (χ3n) is 3.55. The van der Waals surface area contributed by atoms with Crippen molar-refractivity contribution in [2.24, 2.45) is 0 Å². The molecule has 26 heavy (non-hydrogen) atoms. The number of carbonyl (C=O) groups excluding carboxylic acids is 1. The minimum Gasteiger partial charge on any atom is -0.383 e. The van der Waals surface area contributed by atoms with Crippen LogP contribution in [0.15, 0.2) is 53.4 Å². The van der Waals surface area contributed by atoms with Crippen molar-refractivity contribution in [2.75, 3.05) is 11.2 Å². The second kappa shape index (κ2) is 7.22. The lowest BCUT2D eigenvalue weighted by molar-refractivity contribution is -0.113. The second-order valence-corrected chi connectivity index (χ2v) is 8.91. The van der Waals surface area contributed by atoms with Gasteiger partial charge in [0.05, 0.1) is 16.8 Å². The lowest BCUT2D eigenvalue weighted by Crippen LogP contribution is -2.28. The van der Waals surface area contributed by atoms with E-state index in [0.29, 0.717) is 14.8 Å². The summed E-state index contributed by atoms with van der Waals surface area (Å²) in [6.45, 7) is 1.92. The molecule has 3 rings (SSSR count). The van der Waals surface area contributed by atoms with Crippen molar-refractivity contribution in [1.82, 2.24) is 0 Å². The topological polar surface area (TPSA) is 63.7 Å². The van der Waals surface area contributed by atoms with Gasteiger partial charge in [0.15, 0.2) is 4.32 Å². The molecule has 2 aromatic rings. The van der Waals surface area contributed by atoms with E-state index in [1.54, 1.807) is 24.3 Å². The normalized spacial score (nSPS) is 16.4. The zero-order chi connectivity index (χ0) is 18.9. The monoisotopic (exact) mass is 405 g/mol. The standard InChI is InChI=1S/C18H15NO4S3/c1-12-6-3-4-9-15(12)19-17(20)16(25-18(19)24)11-13-7-5-8-14(10-13)23-26(2,21)22/h3-11H,1-2H3. The van der Waals surface area contributed by atoms with Gasteiger partial charge in [-0.2, -0.15) is 8.42 Å². The second-order valence-electron chi connectivity index (χ2n) is 5.66. The van der Waals surface area contributed by atoms with E-state index in [1.165, 1.54) is 22.7 Å². The van der Waals surface area contributed by atoms with Gasteiger partial charge in [-0.15, -0.1) is 0 Å². The van der Waals surface area contributed by atoms with Crippen LogP contribution in [-0.2, 0) is 14.9 Å². The number of amides is 1. The summed E-state index contributed by atoms with van der Waals surface area (Å²) in [4.78, 5) is 14.8. The molecule has 1 aliphatic rings. The molecule has 0 spiro atoms. The van der Waals surface area contributed by atoms with Gasteiger partial charge in [-0.3, -0.25) is 9.69 Å². The molecule has 1 amide bonds. The van der Waals surface area contributed by atoms with Crippen molar-refractivity contribution in [2.45, 2.75) is 6.92 Å². The van der Waals surface area contributed by atoms with Crippen molar-refractivity contribution >= 4 is 56.1 Å². The lowest BCUT2D eigenvalue weighted by Gasteiger charge is -2.16. The zero-order valence-electron chi connectivity index (χ0n) is 14.0. The quantitative estimate of drug-likeness (QED) is 0.439. The number of nitrogens with zero attached hydrogens (tertiary/aromatic N) is 1. The fourth-order valence-corrected chi connectivity index (χ4v) is 4.21. The van der Waals surface area contributed by atoms with Crippen LogP contribution in [0.4, 0.5) is 5.69 Å². The fraction of sp³-hybridized carbons (Fsp3) is 0.111. The van der Waals surface area contributed by atoms with E-state index in [-0.39, 0.29) is 11.7 Å². The van der Waals surface area contributed by atoms with Gasteiger partial charge in [0, 0.05) is 0 Å². The molecule has 0 saturated carbocycles. The molecule has 0 aliphatic carbocycles. The average Bonchev–Trinajstić information content (AvgIpc) is 2.81. The van der Waals surface area contributed by atoms with Gasteiger partial charge in [-0.25, -0.2) is 0 Å². The van der Waals surface area contributed by atoms with Crippen LogP contribution in [0.5, 0.6) is 5.75 Å². The van der Waals surface area contributed by atoms with E-state index in [1.807, 2.05) is 31.2 Å². The van der Waals surface area contributed by atoms with Crippen LogP contribution in [-0.4, -0.2) is 24.9 Å². The molecule has 2 aromatic carbocycles. The molecular weight excluding hydrogens is 390 g/mol. The van der Waals surface area contributed by atoms with E-state index in [4.69, 9.17) is 16.4 Å². The number of aryl methyl sites for hydroxylation is 1. The SMILES string of the molecule is Cc1ccccc1N1C(=O)C(=Cc2cccc(OS(C)(=O)=O)c2)SC1=S. The molecule has 1 aliphatic heterocycles. The van der Waals surface area contributed by atoms with Crippen LogP contribution < -0.4 is 9.08 Å². The number of benzene rings is 2. The molecule has 0 N–H and O–H groups in total. The third kappa shape index (κ3) is 4.14. The first-order chi connectivity index (χ1) is 12.2. The highest BCUT2D eigenvalue weighted by Gasteiger charge is 2.33. The highest BCUT2D eigenvalue weighted by Crippen LogP contribution is 2.37. The molecule has 0 radical (unpaired) electrons. The maximum Gasteiger partial charge on any atom is 0.306 e. The van der Waals surface area contributed by atoms with Crippen molar-refractivity contribution in [3.8, 4) is 5.75 Å². The number of rotatable bonds is 4. The smallest absolute Gasteiger partial charge is 0.306 e. The molecule has 0 atom stereocenters. The highest BCUT2D eigenvalue weighted by atomic mass is 32.2. The molecule has 5 nitrogen and oxygen atoms in total. The molecule has 0 bridgehead atoms. The summed E-state index contributed by atoms with van der Waals surface area (Å²) in [5.74, 6) is -0.0145. The van der Waals surface area contributed by atoms with Gasteiger partial charge in [-0.05, 0) is 42.3 Å². The van der Waals surface area contributed by atoms with Crippen LogP contribution >= 0.6 is 24.0 Å². The summed E-state index contributed by atoms with van der Waals surface area (Å²) >= 11 is 6.58. The largest absolute Gasteiger partial charge is 0.383 e. The molecule has 134 valence electrons. The lowest BCUT2D eigenvalue weighted by atomic mass is 10.1. The van der Waals surface area contributed by atoms with Crippen LogP contribution in [0.3, 0.4) is 0 Å². The molecule has 1 saturated heterocycles. The van der Waals surface area contributed by atoms with Gasteiger partial charge in [0.25, 0.3) is 5.91 Å². The Morgan fingerprint density at radius 3 is 2.58 bits per heavy atom. The Hall–Kier alpha value is -2.16. The summed E-state index contributed by atoms with van der Waals surface area (Å²) in [5, 5.41) is 0. The van der Waals surface area contributed by atoms with Crippen molar-refractivity contribution in [1.29, 1.82) is 0 Å². The van der Waals surface area contributed by atoms with E-state index < -0.39 is 10.1 Å². The van der Waals surface area contributed by atoms with Crippen molar-refractivity contribution in [3.05, 3.63) is 64.6 Å². The summed E-state index contributed by atoms with van der Waals surface area (Å²) < 4.78 is 27.9. The Balaban J connectivity index is 1.91. The Bertz CT molecular complexity index is 1030. The van der Waals surface area contributed by atoms with Crippen LogP contribution in [0.25, 0.3) is 6.08 Å². The summed E-state index contributed by atoms with van der Waals surface area (Å²) in [6, 6.07) is 14.0. The number of thioether (sulfide) groups is 1. The van der Waals surface area contributed by atoms with Gasteiger partial charge >= 0.3 is 10.1 Å². The Morgan fingerprint density at radius 1 is 1.15 bits per heavy atom. The maximum absolute atomic E-state index is 12.8. The van der Waals surface area contributed by atoms with Crippen LogP contribution in [0.2, 0.25) is 0 Å². The first kappa shape index (κ1) is 18.6. The number of anilines is 1. The number of para-hydroxylation sites is 1. The van der Waals surface area contributed by atoms with E-state index >= 15 is 0 Å². The number of hydrogen-bond acceptors (Lipinski definition) is 6. The average molecular weight is 406 g/mol. The molecular formula is C18H15NO4S3. The van der Waals surface area contributed by atoms with Crippen molar-refractivity contribution < 1.29 is 17.4 Å². The number of carbonyl (C=O) groups is 1. The molecule has 0 unspecified atom stereocenters. The summed E-state index contributed by atoms with van der Waals surface area (Å²) in [6.07, 6.45) is 2.65. The Morgan fingerprint density at radius 2 is 1.88 bits per heavy atom. The number of thiocarbonyl (C=S) groups is 1. The van der Waals surface area contributed by atoms with E-state index in [2.05, 4.69) is 0 Å². The predicted molar refractivity (Wildman–Crippen MR) is 109 cm³/mol. The highest BCUT2D eigenvalue weighted by molar-refractivity contribution is 8.27. The van der Waals surface area contributed by atoms with Gasteiger partial charge in [-0.1, -0.05) is 54.3 Å². The minimum atomic E-state index is -3.61. The first-order valence-corrected chi connectivity index (χ1v) is 10.6. The van der Waals surface area contributed by atoms with Crippen LogP contribution in [0.1, 0.15) is 11.1 Å². The van der Waals surface area contributed by atoms with E-state index in [0.717, 1.165) is 17.5 Å². The number of hydrogen-bond donors (Lipinski definition) is 0. The van der Waals surface area contributed by atoms with Gasteiger partial charge in [0.1, 0.15) is 5.75 Å². The third-order valence-corrected chi connectivity index (χ3v) is 5.35. The van der Waals surface area contributed by atoms with Gasteiger partial charge < -0.3 is 4.18 Å². The van der Waals surface area contributed by atoms with E-state index in [9.17, 15) is 13.2 Å².